The van der Waals surface area contributed by atoms with Gasteiger partial charge in [-0.15, -0.1) is 0 Å². The Kier molecular flexibility index (Phi) is 96.1. The minimum Gasteiger partial charge on any atom is -0.171 e. The quantitative estimate of drug-likeness (QED) is 0.0667. The first-order valence-corrected chi connectivity index (χ1v) is 43.8. The van der Waals surface area contributed by atoms with Crippen LogP contribution in [0.25, 0.3) is 0 Å². The summed E-state index contributed by atoms with van der Waals surface area (Å²) in [5, 5.41) is 0. The predicted octanol–water partition coefficient (Wildman–Crippen LogP) is 43.4. The number of hydrogen-bond acceptors (Lipinski definition) is 0. The van der Waals surface area contributed by atoms with Crippen molar-refractivity contribution < 1.29 is 171 Å². The summed E-state index contributed by atoms with van der Waals surface area (Å²) < 4.78 is 452. The molecule has 5 atom stereocenters. The molecule has 0 heterocycles. The van der Waals surface area contributed by atoms with E-state index in [2.05, 4.69) is 125 Å². The zero-order chi connectivity index (χ0) is 107. The highest BCUT2D eigenvalue weighted by Gasteiger charge is 2.64. The van der Waals surface area contributed by atoms with Crippen molar-refractivity contribution in [1.29, 1.82) is 0 Å². The van der Waals surface area contributed by atoms with Gasteiger partial charge in [-0.1, -0.05) is 331 Å². The molecule has 0 bridgehead atoms. The average molecular weight is 1980 g/mol. The summed E-state index contributed by atoms with van der Waals surface area (Å²) in [4.78, 5) is 0. The van der Waals surface area contributed by atoms with Gasteiger partial charge < -0.3 is 0 Å². The number of alkyl halides is 39. The van der Waals surface area contributed by atoms with Crippen LogP contribution in [0.15, 0.2) is 0 Å². The van der Waals surface area contributed by atoms with Gasteiger partial charge in [0.2, 0.25) is 0 Å². The van der Waals surface area contributed by atoms with E-state index in [0.717, 1.165) is 83.5 Å². The van der Waals surface area contributed by atoms with E-state index in [1.165, 1.54) is 66.7 Å². The second kappa shape index (κ2) is 77.3. The summed E-state index contributed by atoms with van der Waals surface area (Å²) in [6.45, 7) is 62.1. The molecule has 0 aliphatic carbocycles. The van der Waals surface area contributed by atoms with Gasteiger partial charge in [0.15, 0.2) is 11.3 Å². The van der Waals surface area contributed by atoms with Gasteiger partial charge in [0.05, 0.1) is 29.1 Å². The molecule has 0 saturated heterocycles. The van der Waals surface area contributed by atoms with Crippen molar-refractivity contribution in [3.8, 4) is 0 Å². The largest absolute Gasteiger partial charge is 0.402 e. The zero-order valence-electron chi connectivity index (χ0n) is 83.1. The van der Waals surface area contributed by atoms with Crippen LogP contribution >= 0.6 is 0 Å². The summed E-state index contributed by atoms with van der Waals surface area (Å²) in [5.41, 5.74) is -4.10. The van der Waals surface area contributed by atoms with E-state index < -0.39 is 159 Å². The molecule has 0 rings (SSSR count). The van der Waals surface area contributed by atoms with Crippen LogP contribution in [0.3, 0.4) is 0 Å². The third-order valence-corrected chi connectivity index (χ3v) is 18.5. The van der Waals surface area contributed by atoms with Crippen LogP contribution in [-0.4, -0.2) is 80.3 Å². The average Bonchev–Trinajstić information content (AvgIpc) is 0.788. The van der Waals surface area contributed by atoms with Crippen molar-refractivity contribution >= 4 is 0 Å². The number of hydrogen-bond donors (Lipinski definition) is 0. The van der Waals surface area contributed by atoms with Crippen molar-refractivity contribution in [2.75, 3.05) is 0 Å². The third kappa shape index (κ3) is 139. The molecule has 0 N–H and O–H groups in total. The maximum Gasteiger partial charge on any atom is 0.402 e. The maximum absolute atomic E-state index is 11.8. The van der Waals surface area contributed by atoms with E-state index in [0.29, 0.717) is 42.9 Å². The fourth-order valence-corrected chi connectivity index (χ4v) is 5.61. The van der Waals surface area contributed by atoms with E-state index in [1.54, 1.807) is 13.8 Å². The van der Waals surface area contributed by atoms with Gasteiger partial charge in [0.1, 0.15) is 0 Å². The molecular weight excluding hydrogens is 1810 g/mol. The van der Waals surface area contributed by atoms with Crippen molar-refractivity contribution in [1.82, 2.24) is 0 Å². The fourth-order valence-electron chi connectivity index (χ4n) is 5.61. The van der Waals surface area contributed by atoms with Gasteiger partial charge in [-0.3, -0.25) is 0 Å². The molecule has 0 aromatic rings. The minimum absolute atomic E-state index is 0.104. The highest BCUT2D eigenvalue weighted by atomic mass is 19.5. The third-order valence-electron chi connectivity index (χ3n) is 18.5. The Bertz CT molecular complexity index is 2210. The summed E-state index contributed by atoms with van der Waals surface area (Å²) in [5.74, 6) is -5.17. The monoisotopic (exact) mass is 1980 g/mol. The lowest BCUT2D eigenvalue weighted by atomic mass is 9.92. The lowest BCUT2D eigenvalue weighted by Crippen LogP contribution is -2.44. The molecule has 39 heteroatoms. The normalized spacial score (nSPS) is 13.8. The van der Waals surface area contributed by atoms with Crippen molar-refractivity contribution in [2.45, 2.75) is 496 Å². The van der Waals surface area contributed by atoms with Gasteiger partial charge in [-0.2, -0.15) is 171 Å². The number of unbranched alkanes of at least 4 members (excludes halogenated alkanes) is 6. The molecule has 128 heavy (non-hydrogen) atoms. The van der Waals surface area contributed by atoms with Crippen LogP contribution in [0.2, 0.25) is 0 Å². The second-order valence-electron chi connectivity index (χ2n) is 36.3. The highest BCUT2D eigenvalue weighted by Crippen LogP contribution is 2.50. The van der Waals surface area contributed by atoms with Gasteiger partial charge >= 0.3 is 80.3 Å². The van der Waals surface area contributed by atoms with Crippen molar-refractivity contribution in [3.63, 3.8) is 0 Å². The smallest absolute Gasteiger partial charge is 0.171 e. The van der Waals surface area contributed by atoms with E-state index >= 15 is 0 Å². The fraction of sp³-hybridized carbons (Fsp3) is 1.00. The summed E-state index contributed by atoms with van der Waals surface area (Å²) in [6, 6.07) is 0. The molecule has 0 aromatic heterocycles. The van der Waals surface area contributed by atoms with Crippen LogP contribution in [0.1, 0.15) is 416 Å². The predicted molar refractivity (Wildman–Crippen MR) is 447 cm³/mol. The molecule has 0 spiro atoms. The molecule has 0 aliphatic rings. The van der Waals surface area contributed by atoms with E-state index in [9.17, 15) is 171 Å². The SMILES string of the molecule is CC(C)(C(F)(F)F)C(F)(F)F.CC(C)(C)C(F)(F)F.CC(C)C(C)C.CCC(C)(C)C.CCC(C)(C)C.CCC(C)C.CCC(C)C(F)(F)F.CCC(C)CC.CCCC(C(F)(F)F)C(F)(F)F.CCCCCC(F)(F)F.CCCCCCC(F)(F)F.CCCC[C@H](C)C(F)(F)F.CCC[C@H](C)C(F)(F)F.CCC[C@H](C)CC(F)(F)F.C[C@@H](CCC(F)(F)F)C(F)(F)F. The molecule has 0 radical (unpaired) electrons. The van der Waals surface area contributed by atoms with E-state index in [4.69, 9.17) is 0 Å². The molecule has 798 valence electrons. The Labute approximate surface area is 745 Å². The zero-order valence-corrected chi connectivity index (χ0v) is 83.1. The van der Waals surface area contributed by atoms with Crippen molar-refractivity contribution in [2.24, 2.45) is 80.8 Å². The molecule has 0 aromatic carbocycles. The van der Waals surface area contributed by atoms with E-state index in [1.807, 2.05) is 27.7 Å². The van der Waals surface area contributed by atoms with Gasteiger partial charge in [-0.05, 0) is 99.2 Å². The summed E-state index contributed by atoms with van der Waals surface area (Å²) in [6.07, 6.45) is -47.5. The molecule has 0 saturated carbocycles. The Hall–Kier alpha value is -2.73. The minimum atomic E-state index is -5.24. The standard InChI is InChI=1S/3C7H13F3.2C6H8F6.2C6H11F3.4C6H14.C5H6F6.2C5H9F3.C5H12/c1-3-4-6(2)5-7(8,9)10;1-3-4-5-6(2)7(8,9)10;1-2-3-4-5-6-7(8,9)10;1-4(6(10,11)12)2-3-5(7,8)9;1-2-3-4(5(7,8)9)6(10,11)12;1-3-4-5(2)6(7,8)9;1-2-3-4-5-6(7,8)9;2*1-5-6(2,3)4;1-5(2)6(3)4;1-4-6(3)5-2;1-3(2,4(6,7)8)5(9,10)11;1-4(2,3)5(6,7)8;1-3-4(2)5(6,7)8;1-4-5(2)3/h2*6H,3-5H2,1-2H3;2-6H2,1H3;2*4H,2-3H2,1H3;5H,3-4H2,1-2H3;2-5H2,1H3;2*5H2,1-4H3;5-6H,1-4H3;6H,4-5H2,1-3H3;1-2H3;1-3H3;4H,3H2,1-2H3;5H,4H2,1-3H3/t2*6-;;4-;;5-;;;;;;;;;/m00.0.0........./s1. The number of rotatable bonds is 24. The van der Waals surface area contributed by atoms with Crippen LogP contribution in [0.5, 0.6) is 0 Å². The first-order chi connectivity index (χ1) is 55.9. The molecular formula is C89H169F39. The van der Waals surface area contributed by atoms with Crippen LogP contribution in [0, 0.1) is 80.8 Å². The Morgan fingerprint density at radius 3 is 0.586 bits per heavy atom. The first-order valence-electron chi connectivity index (χ1n) is 43.8. The number of halogens is 39. The van der Waals surface area contributed by atoms with E-state index in [-0.39, 0.29) is 58.3 Å². The molecule has 0 nitrogen and oxygen atoms in total. The van der Waals surface area contributed by atoms with Gasteiger partial charge in [0.25, 0.3) is 0 Å². The first kappa shape index (κ1) is 159. The van der Waals surface area contributed by atoms with Gasteiger partial charge in [-0.25, -0.2) is 0 Å². The lowest BCUT2D eigenvalue weighted by molar-refractivity contribution is -0.327. The maximum atomic E-state index is 11.8. The molecule has 0 fully saturated rings. The van der Waals surface area contributed by atoms with Gasteiger partial charge in [0, 0.05) is 25.7 Å². The van der Waals surface area contributed by atoms with Crippen molar-refractivity contribution in [3.05, 3.63) is 0 Å². The van der Waals surface area contributed by atoms with Crippen LogP contribution in [-0.2, 0) is 0 Å². The highest BCUT2D eigenvalue weighted by molar-refractivity contribution is 4.84. The lowest BCUT2D eigenvalue weighted by Gasteiger charge is -2.29. The van der Waals surface area contributed by atoms with Crippen LogP contribution < -0.4 is 0 Å². The second-order valence-corrected chi connectivity index (χ2v) is 36.3. The Morgan fingerprint density at radius 1 is 0.211 bits per heavy atom. The summed E-state index contributed by atoms with van der Waals surface area (Å²) >= 11 is 0. The molecule has 0 amide bonds. The molecule has 0 aliphatic heterocycles. The Morgan fingerprint density at radius 2 is 0.453 bits per heavy atom. The summed E-state index contributed by atoms with van der Waals surface area (Å²) in [7, 11) is 0. The topological polar surface area (TPSA) is 0 Å². The molecule has 1 unspecified atom stereocenters. The van der Waals surface area contributed by atoms with Crippen LogP contribution in [0.4, 0.5) is 171 Å². The Balaban J connectivity index is -0.0000000827.